The Balaban J connectivity index is 1.61. The van der Waals surface area contributed by atoms with E-state index in [1.54, 1.807) is 6.07 Å². The Bertz CT molecular complexity index is 672. The van der Waals surface area contributed by atoms with Gasteiger partial charge in [0.15, 0.2) is 9.84 Å². The number of rotatable bonds is 5. The van der Waals surface area contributed by atoms with Crippen molar-refractivity contribution in [3.8, 4) is 0 Å². The summed E-state index contributed by atoms with van der Waals surface area (Å²) in [6.45, 7) is 3.36. The van der Waals surface area contributed by atoms with Crippen LogP contribution in [-0.2, 0) is 9.84 Å². The van der Waals surface area contributed by atoms with Gasteiger partial charge >= 0.3 is 0 Å². The molecule has 8 heteroatoms. The minimum atomic E-state index is -2.93. The minimum Gasteiger partial charge on any atom is -0.369 e. The molecule has 2 aliphatic heterocycles. The van der Waals surface area contributed by atoms with Gasteiger partial charge in [-0.3, -0.25) is 15.6 Å². The van der Waals surface area contributed by atoms with Crippen molar-refractivity contribution in [2.24, 2.45) is 5.92 Å². The third-order valence-corrected chi connectivity index (χ3v) is 6.19. The quantitative estimate of drug-likeness (QED) is 0.678. The predicted molar refractivity (Wildman–Crippen MR) is 93.8 cm³/mol. The molecule has 2 fully saturated rings. The lowest BCUT2D eigenvalue weighted by Gasteiger charge is -2.30. The van der Waals surface area contributed by atoms with Crippen LogP contribution in [0.4, 0.5) is 5.69 Å². The zero-order chi connectivity index (χ0) is 17.0. The summed E-state index contributed by atoms with van der Waals surface area (Å²) < 4.78 is 23.2. The maximum absolute atomic E-state index is 12.5. The first kappa shape index (κ1) is 17.2. The Morgan fingerprint density at radius 3 is 2.54 bits per heavy atom. The molecule has 0 spiro atoms. The van der Waals surface area contributed by atoms with Crippen LogP contribution >= 0.6 is 0 Å². The highest BCUT2D eigenvalue weighted by atomic mass is 32.2. The van der Waals surface area contributed by atoms with Crippen LogP contribution in [0.5, 0.6) is 0 Å². The number of para-hydroxylation sites is 1. The molecule has 0 atom stereocenters. The first-order valence-electron chi connectivity index (χ1n) is 8.33. The van der Waals surface area contributed by atoms with Gasteiger partial charge in [0.25, 0.3) is 5.91 Å². The number of carbonyl (C=O) groups excluding carboxylic acids is 1. The Labute approximate surface area is 142 Å². The van der Waals surface area contributed by atoms with Gasteiger partial charge in [0, 0.05) is 38.4 Å². The second kappa shape index (κ2) is 7.50. The summed E-state index contributed by atoms with van der Waals surface area (Å²) in [6.07, 6.45) is 0.926. The van der Waals surface area contributed by atoms with Crippen molar-refractivity contribution in [1.29, 1.82) is 0 Å². The van der Waals surface area contributed by atoms with Gasteiger partial charge in [-0.15, -0.1) is 0 Å². The third-order valence-electron chi connectivity index (χ3n) is 4.58. The van der Waals surface area contributed by atoms with Crippen molar-refractivity contribution in [3.63, 3.8) is 0 Å². The van der Waals surface area contributed by atoms with E-state index in [-0.39, 0.29) is 17.4 Å². The molecule has 1 amide bonds. The summed E-state index contributed by atoms with van der Waals surface area (Å²) in [5, 5.41) is 2.98. The zero-order valence-electron chi connectivity index (χ0n) is 13.6. The molecule has 0 aromatic heterocycles. The molecule has 2 aliphatic rings. The molecule has 3 rings (SSSR count). The van der Waals surface area contributed by atoms with E-state index in [2.05, 4.69) is 16.2 Å². The summed E-state index contributed by atoms with van der Waals surface area (Å²) >= 11 is 0. The Kier molecular flexibility index (Phi) is 5.37. The van der Waals surface area contributed by atoms with E-state index in [4.69, 9.17) is 0 Å². The molecule has 0 bridgehead atoms. The highest BCUT2D eigenvalue weighted by Crippen LogP contribution is 2.22. The molecule has 0 saturated carbocycles. The number of benzene rings is 1. The summed E-state index contributed by atoms with van der Waals surface area (Å²) in [4.78, 5) is 14.5. The average Bonchev–Trinajstić information content (AvgIpc) is 3.08. The lowest BCUT2D eigenvalue weighted by Crippen LogP contribution is -2.41. The van der Waals surface area contributed by atoms with Crippen LogP contribution < -0.4 is 21.1 Å². The summed E-state index contributed by atoms with van der Waals surface area (Å²) in [7, 11) is -2.93. The van der Waals surface area contributed by atoms with Gasteiger partial charge in [-0.25, -0.2) is 8.42 Å². The van der Waals surface area contributed by atoms with Crippen LogP contribution in [0.25, 0.3) is 0 Å². The largest absolute Gasteiger partial charge is 0.369 e. The molecular weight excluding hydrogens is 328 g/mol. The van der Waals surface area contributed by atoms with Gasteiger partial charge in [-0.05, 0) is 24.5 Å². The first-order valence-corrected chi connectivity index (χ1v) is 10.2. The fraction of sp³-hybridized carbons (Fsp3) is 0.562. The lowest BCUT2D eigenvalue weighted by molar-refractivity contribution is 0.0952. The normalized spacial score (nSPS) is 20.9. The van der Waals surface area contributed by atoms with Crippen LogP contribution in [0.3, 0.4) is 0 Å². The van der Waals surface area contributed by atoms with E-state index >= 15 is 0 Å². The summed E-state index contributed by atoms with van der Waals surface area (Å²) in [5.41, 5.74) is 7.59. The van der Waals surface area contributed by atoms with Gasteiger partial charge in [0.1, 0.15) is 0 Å². The highest BCUT2D eigenvalue weighted by Gasteiger charge is 2.24. The van der Waals surface area contributed by atoms with E-state index in [1.165, 1.54) is 0 Å². The number of carbonyl (C=O) groups is 1. The third kappa shape index (κ3) is 4.25. The standard InChI is InChI=1S/C16H24N4O3S/c21-16(17-6-5-13-11-18-19-12-13)14-3-1-2-4-15(14)20-7-9-24(22,23)10-8-20/h1-4,13,18-19H,5-12H2,(H,17,21). The molecule has 3 N–H and O–H groups in total. The Hall–Kier alpha value is -1.64. The van der Waals surface area contributed by atoms with Crippen molar-refractivity contribution >= 4 is 21.4 Å². The number of hydrogen-bond acceptors (Lipinski definition) is 6. The molecule has 0 aliphatic carbocycles. The second-order valence-electron chi connectivity index (χ2n) is 6.33. The van der Waals surface area contributed by atoms with Gasteiger partial charge < -0.3 is 10.2 Å². The number of hydrazine groups is 1. The number of anilines is 1. The van der Waals surface area contributed by atoms with E-state index in [9.17, 15) is 13.2 Å². The molecule has 0 radical (unpaired) electrons. The maximum atomic E-state index is 12.5. The second-order valence-corrected chi connectivity index (χ2v) is 8.63. The van der Waals surface area contributed by atoms with Gasteiger partial charge in [0.2, 0.25) is 0 Å². The Morgan fingerprint density at radius 1 is 1.17 bits per heavy atom. The lowest BCUT2D eigenvalue weighted by atomic mass is 10.1. The number of hydrogen-bond donors (Lipinski definition) is 3. The SMILES string of the molecule is O=C(NCCC1CNNC1)c1ccccc1N1CCS(=O)(=O)CC1. The number of sulfone groups is 1. The van der Waals surface area contributed by atoms with Crippen molar-refractivity contribution in [3.05, 3.63) is 29.8 Å². The van der Waals surface area contributed by atoms with Crippen LogP contribution in [0, 0.1) is 5.92 Å². The maximum Gasteiger partial charge on any atom is 0.253 e. The molecule has 1 aromatic rings. The predicted octanol–water partition coefficient (Wildman–Crippen LogP) is -0.235. The molecule has 2 saturated heterocycles. The van der Waals surface area contributed by atoms with E-state index in [1.807, 2.05) is 23.1 Å². The smallest absolute Gasteiger partial charge is 0.253 e. The monoisotopic (exact) mass is 352 g/mol. The van der Waals surface area contributed by atoms with Crippen LogP contribution in [0.1, 0.15) is 16.8 Å². The molecule has 1 aromatic carbocycles. The van der Waals surface area contributed by atoms with E-state index in [0.717, 1.165) is 25.2 Å². The molecule has 24 heavy (non-hydrogen) atoms. The van der Waals surface area contributed by atoms with Crippen molar-refractivity contribution in [2.45, 2.75) is 6.42 Å². The molecule has 2 heterocycles. The highest BCUT2D eigenvalue weighted by molar-refractivity contribution is 7.91. The number of nitrogens with zero attached hydrogens (tertiary/aromatic N) is 1. The summed E-state index contributed by atoms with van der Waals surface area (Å²) in [6, 6.07) is 7.40. The van der Waals surface area contributed by atoms with Gasteiger partial charge in [-0.2, -0.15) is 0 Å². The van der Waals surface area contributed by atoms with Crippen molar-refractivity contribution in [1.82, 2.24) is 16.2 Å². The Morgan fingerprint density at radius 2 is 1.83 bits per heavy atom. The van der Waals surface area contributed by atoms with Crippen LogP contribution in [0.15, 0.2) is 24.3 Å². The minimum absolute atomic E-state index is 0.0991. The van der Waals surface area contributed by atoms with E-state index in [0.29, 0.717) is 31.1 Å². The molecule has 132 valence electrons. The van der Waals surface area contributed by atoms with Crippen molar-refractivity contribution < 1.29 is 13.2 Å². The van der Waals surface area contributed by atoms with Crippen LogP contribution in [0.2, 0.25) is 0 Å². The topological polar surface area (TPSA) is 90.5 Å². The first-order chi connectivity index (χ1) is 11.6. The van der Waals surface area contributed by atoms with Gasteiger partial charge in [-0.1, -0.05) is 12.1 Å². The fourth-order valence-corrected chi connectivity index (χ4v) is 4.29. The number of nitrogens with one attached hydrogen (secondary N) is 3. The van der Waals surface area contributed by atoms with Crippen molar-refractivity contribution in [2.75, 3.05) is 49.1 Å². The summed E-state index contributed by atoms with van der Waals surface area (Å²) in [5.74, 6) is 0.723. The van der Waals surface area contributed by atoms with Crippen LogP contribution in [-0.4, -0.2) is 58.6 Å². The van der Waals surface area contributed by atoms with E-state index < -0.39 is 9.84 Å². The van der Waals surface area contributed by atoms with Gasteiger partial charge in [0.05, 0.1) is 17.1 Å². The average molecular weight is 352 g/mol. The fourth-order valence-electron chi connectivity index (χ4n) is 3.09. The molecule has 7 nitrogen and oxygen atoms in total. The zero-order valence-corrected chi connectivity index (χ0v) is 14.4. The molecular formula is C16H24N4O3S. The molecule has 0 unspecified atom stereocenters. The number of amides is 1.